The van der Waals surface area contributed by atoms with E-state index in [9.17, 15) is 2.74 Å². The number of aromatic nitrogens is 4. The molecular weight excluding hydrogens is 805 g/mol. The molecule has 0 saturated carbocycles. The average molecular weight is 874 g/mol. The van der Waals surface area contributed by atoms with Crippen molar-refractivity contribution in [2.24, 2.45) is 5.41 Å². The average Bonchev–Trinajstić information content (AvgIpc) is 4.16. The van der Waals surface area contributed by atoms with Gasteiger partial charge in [0.05, 0.1) is 45.8 Å². The molecule has 3 heterocycles. The lowest BCUT2D eigenvalue weighted by molar-refractivity contribution is -0.571. The predicted molar refractivity (Wildman–Crippen MR) is 274 cm³/mol. The normalized spacial score (nSPS) is 15.0. The van der Waals surface area contributed by atoms with E-state index >= 15 is 0 Å². The van der Waals surface area contributed by atoms with E-state index in [0.29, 0.717) is 50.3 Å². The number of hydrogen-bond acceptors (Lipinski definition) is 2. The van der Waals surface area contributed by atoms with Crippen molar-refractivity contribution in [3.8, 4) is 50.9 Å². The van der Waals surface area contributed by atoms with Crippen molar-refractivity contribution in [2.75, 3.05) is 0 Å². The summed E-state index contributed by atoms with van der Waals surface area (Å²) in [5.41, 5.74) is 6.89. The van der Waals surface area contributed by atoms with Gasteiger partial charge in [-0.25, -0.2) is 4.98 Å². The first kappa shape index (κ1) is 31.6. The molecular formula is C61H58N4O. The van der Waals surface area contributed by atoms with Crippen molar-refractivity contribution >= 4 is 32.8 Å². The molecule has 0 N–H and O–H groups in total. The molecule has 5 nitrogen and oxygen atoms in total. The molecule has 0 unspecified atom stereocenters. The van der Waals surface area contributed by atoms with Crippen molar-refractivity contribution in [3.63, 3.8) is 0 Å². The second-order valence-electron chi connectivity index (χ2n) is 19.9. The summed E-state index contributed by atoms with van der Waals surface area (Å²) in [6.45, 7) is 18.5. The minimum atomic E-state index is -1.78. The lowest BCUT2D eigenvalue weighted by Crippen LogP contribution is -2.31. The van der Waals surface area contributed by atoms with Crippen molar-refractivity contribution in [2.45, 2.75) is 79.5 Å². The van der Waals surface area contributed by atoms with E-state index in [2.05, 4.69) is 71.1 Å². The molecule has 66 heavy (non-hydrogen) atoms. The van der Waals surface area contributed by atoms with Crippen LogP contribution in [-0.2, 0) is 17.2 Å². The van der Waals surface area contributed by atoms with Crippen LogP contribution in [0.2, 0.25) is 0 Å². The first-order chi connectivity index (χ1) is 36.1. The van der Waals surface area contributed by atoms with Gasteiger partial charge in [-0.1, -0.05) is 177 Å². The topological polar surface area (TPSA) is 35.9 Å². The number of pyridine rings is 1. The van der Waals surface area contributed by atoms with Gasteiger partial charge in [0, 0.05) is 25.8 Å². The van der Waals surface area contributed by atoms with Gasteiger partial charge in [-0.15, -0.1) is 0 Å². The number of nitrogens with zero attached hydrogens (tertiary/aromatic N) is 4. The fourth-order valence-electron chi connectivity index (χ4n) is 8.54. The largest absolute Gasteiger partial charge is 0.458 e. The van der Waals surface area contributed by atoms with E-state index in [4.69, 9.17) is 17.1 Å². The Balaban J connectivity index is 1.16. The third-order valence-corrected chi connectivity index (χ3v) is 11.7. The number of para-hydroxylation sites is 4. The third-order valence-electron chi connectivity index (χ3n) is 11.7. The summed E-state index contributed by atoms with van der Waals surface area (Å²) >= 11 is 0. The second-order valence-corrected chi connectivity index (χ2v) is 19.9. The number of ether oxygens (including phenoxy) is 1. The van der Waals surface area contributed by atoms with Crippen molar-refractivity contribution in [1.82, 2.24) is 14.1 Å². The fraction of sp³-hybridized carbons (Fsp3) is 0.213. The van der Waals surface area contributed by atoms with Crippen LogP contribution >= 0.6 is 0 Å². The van der Waals surface area contributed by atoms with Crippen LogP contribution in [-0.4, -0.2) is 14.1 Å². The van der Waals surface area contributed by atoms with Gasteiger partial charge in [0.15, 0.2) is 0 Å². The third kappa shape index (κ3) is 8.19. The molecule has 5 heteroatoms. The zero-order valence-corrected chi connectivity index (χ0v) is 38.7. The van der Waals surface area contributed by atoms with E-state index in [1.54, 1.807) is 41.0 Å². The maximum atomic E-state index is 9.21. The lowest BCUT2D eigenvalue weighted by atomic mass is 9.78. The SMILES string of the molecule is [2H]c1c([2H])c([2H])c(-c2cccc(-c3cc(C(C)(C)C)cc(C(C)(C)C)c3)c2-[n+]2[c-]n(-c3cccc(Oc4ccc5c6c([2H])c([2H])c([2H])c([2H])c6n(-c6cc(C([2H])([2H])C(C)(C)C)ccn6)c5c4)c3)c3ccccc32)c([2H])c1[2H]. The summed E-state index contributed by atoms with van der Waals surface area (Å²) in [5.74, 6) is 1.10. The molecule has 0 radical (unpaired) electrons. The predicted octanol–water partition coefficient (Wildman–Crippen LogP) is 15.5. The molecule has 0 bridgehead atoms. The first-order valence-electron chi connectivity index (χ1n) is 27.7. The molecule has 7 aromatic carbocycles. The van der Waals surface area contributed by atoms with Crippen LogP contribution in [0.25, 0.3) is 72.3 Å². The molecule has 0 spiro atoms. The van der Waals surface area contributed by atoms with Gasteiger partial charge in [-0.05, 0) is 110 Å². The van der Waals surface area contributed by atoms with E-state index in [1.807, 2.05) is 90.6 Å². The molecule has 0 fully saturated rings. The highest BCUT2D eigenvalue weighted by Gasteiger charge is 2.25. The highest BCUT2D eigenvalue weighted by atomic mass is 16.5. The van der Waals surface area contributed by atoms with Gasteiger partial charge in [0.25, 0.3) is 6.33 Å². The van der Waals surface area contributed by atoms with Crippen molar-refractivity contribution < 1.29 is 24.4 Å². The Morgan fingerprint density at radius 1 is 0.606 bits per heavy atom. The summed E-state index contributed by atoms with van der Waals surface area (Å²) in [5, 5.41) is 0.821. The Labute approximate surface area is 405 Å². The Morgan fingerprint density at radius 3 is 2.03 bits per heavy atom. The Kier molecular flexibility index (Phi) is 7.82. The van der Waals surface area contributed by atoms with Crippen LogP contribution in [0.5, 0.6) is 11.5 Å². The monoisotopic (exact) mass is 874 g/mol. The van der Waals surface area contributed by atoms with Crippen LogP contribution in [0.1, 0.15) is 94.1 Å². The van der Waals surface area contributed by atoms with Gasteiger partial charge in [-0.3, -0.25) is 13.7 Å². The molecule has 0 saturated heterocycles. The molecule has 0 aliphatic rings. The number of fused-ring (bicyclic) bond motifs is 4. The number of rotatable bonds is 8. The van der Waals surface area contributed by atoms with Crippen LogP contribution in [0.3, 0.4) is 0 Å². The summed E-state index contributed by atoms with van der Waals surface area (Å²) in [6.07, 6.45) is 3.36. The summed E-state index contributed by atoms with van der Waals surface area (Å²) in [7, 11) is 0. The fourth-order valence-corrected chi connectivity index (χ4v) is 8.54. The highest BCUT2D eigenvalue weighted by molar-refractivity contribution is 6.09. The summed E-state index contributed by atoms with van der Waals surface area (Å²) < 4.78 is 110. The maximum absolute atomic E-state index is 9.21. The van der Waals surface area contributed by atoms with Gasteiger partial charge in [0.2, 0.25) is 0 Å². The van der Waals surface area contributed by atoms with Crippen LogP contribution in [0.15, 0.2) is 176 Å². The minimum absolute atomic E-state index is 0.0625. The van der Waals surface area contributed by atoms with Gasteiger partial charge in [-0.2, -0.15) is 0 Å². The molecule has 10 rings (SSSR count). The number of imidazole rings is 1. The summed E-state index contributed by atoms with van der Waals surface area (Å²) in [4.78, 5) is 4.65. The van der Waals surface area contributed by atoms with Crippen LogP contribution in [0.4, 0.5) is 0 Å². The smallest absolute Gasteiger partial charge is 0.269 e. The zero-order chi connectivity index (χ0) is 55.6. The molecule has 0 amide bonds. The number of benzene rings is 7. The lowest BCUT2D eigenvalue weighted by Gasteiger charge is -2.27. The van der Waals surface area contributed by atoms with Crippen LogP contribution < -0.4 is 9.30 Å². The minimum Gasteiger partial charge on any atom is -0.458 e. The summed E-state index contributed by atoms with van der Waals surface area (Å²) in [6, 6.07) is 32.7. The maximum Gasteiger partial charge on any atom is 0.269 e. The Bertz CT molecular complexity index is 4000. The van der Waals surface area contributed by atoms with E-state index in [1.165, 1.54) is 6.20 Å². The van der Waals surface area contributed by atoms with Gasteiger partial charge in [0.1, 0.15) is 17.3 Å². The Hall–Kier alpha value is -7.24. The standard InChI is InChI=1S/C61H58N4O/c1-59(2,3)39-41-31-32-62-57(33-41)65-53-26-14-13-23-51(53)52-30-29-48(38-56(52)65)66-47-22-17-21-46(37-47)63-40-64(55-28-16-15-27-54(55)63)58-49(42-19-11-10-12-20-42)24-18-25-50(58)43-34-44(60(4,5)6)36-45(35-43)61(7,8)9/h10-38H,39H2,1-9H3/i10D,11D,12D,13D,14D,19D,20D,23D,26D,39D2. The van der Waals surface area contributed by atoms with E-state index in [-0.39, 0.29) is 57.9 Å². The van der Waals surface area contributed by atoms with Crippen molar-refractivity contribution in [1.29, 1.82) is 0 Å². The molecule has 3 aromatic heterocycles. The van der Waals surface area contributed by atoms with Gasteiger partial charge >= 0.3 is 0 Å². The molecule has 0 atom stereocenters. The van der Waals surface area contributed by atoms with E-state index < -0.39 is 36.0 Å². The molecule has 0 aliphatic carbocycles. The van der Waals surface area contributed by atoms with Crippen LogP contribution in [0, 0.1) is 11.7 Å². The highest BCUT2D eigenvalue weighted by Crippen LogP contribution is 2.40. The molecule has 328 valence electrons. The first-order valence-corrected chi connectivity index (χ1v) is 22.2. The van der Waals surface area contributed by atoms with E-state index in [0.717, 1.165) is 33.3 Å². The molecule has 10 aromatic rings. The molecule has 0 aliphatic heterocycles. The zero-order valence-electron chi connectivity index (χ0n) is 49.7. The Morgan fingerprint density at radius 2 is 1.29 bits per heavy atom. The van der Waals surface area contributed by atoms with Gasteiger partial charge < -0.3 is 4.74 Å². The van der Waals surface area contributed by atoms with Crippen molar-refractivity contribution in [3.05, 3.63) is 199 Å². The second kappa shape index (κ2) is 16.3. The quantitative estimate of drug-likeness (QED) is 0.113. The number of hydrogen-bond donors (Lipinski definition) is 0.